The zero-order valence-electron chi connectivity index (χ0n) is 8.10. The summed E-state index contributed by atoms with van der Waals surface area (Å²) >= 11 is 0. The predicted octanol–water partition coefficient (Wildman–Crippen LogP) is 0.418. The second-order valence-electron chi connectivity index (χ2n) is 3.36. The van der Waals surface area contributed by atoms with Crippen LogP contribution in [0.15, 0.2) is 23.0 Å². The van der Waals surface area contributed by atoms with E-state index in [0.717, 1.165) is 0 Å². The van der Waals surface area contributed by atoms with Crippen molar-refractivity contribution in [3.8, 4) is 5.75 Å². The van der Waals surface area contributed by atoms with E-state index in [0.29, 0.717) is 24.0 Å². The number of aromatic hydroxyl groups is 1. The van der Waals surface area contributed by atoms with Gasteiger partial charge < -0.3 is 15.2 Å². The highest BCUT2D eigenvalue weighted by Crippen LogP contribution is 2.17. The molecule has 5 nitrogen and oxygen atoms in total. The number of aliphatic hydroxyl groups excluding tert-OH is 1. The summed E-state index contributed by atoms with van der Waals surface area (Å²) in [7, 11) is 0. The van der Waals surface area contributed by atoms with Crippen molar-refractivity contribution >= 4 is 11.0 Å². The number of H-pyrrole nitrogens is 1. The Balaban J connectivity index is 2.55. The molecule has 2 rings (SSSR count). The van der Waals surface area contributed by atoms with Gasteiger partial charge in [0, 0.05) is 19.2 Å². The lowest BCUT2D eigenvalue weighted by Crippen LogP contribution is -2.17. The summed E-state index contributed by atoms with van der Waals surface area (Å²) in [4.78, 5) is 14.2. The molecule has 0 spiro atoms. The van der Waals surface area contributed by atoms with Crippen molar-refractivity contribution in [2.45, 2.75) is 13.0 Å². The first-order chi connectivity index (χ1) is 7.22. The highest BCUT2D eigenvalue weighted by Gasteiger charge is 2.06. The van der Waals surface area contributed by atoms with Gasteiger partial charge in [-0.3, -0.25) is 4.57 Å². The van der Waals surface area contributed by atoms with Gasteiger partial charge in [-0.2, -0.15) is 0 Å². The molecule has 0 aliphatic rings. The lowest BCUT2D eigenvalue weighted by atomic mass is 10.3. The molecule has 1 heterocycles. The van der Waals surface area contributed by atoms with Gasteiger partial charge >= 0.3 is 5.69 Å². The summed E-state index contributed by atoms with van der Waals surface area (Å²) in [6.45, 7) is 0.483. The Bertz CT molecular complexity index is 527. The van der Waals surface area contributed by atoms with Gasteiger partial charge in [0.05, 0.1) is 11.0 Å². The number of rotatable bonds is 3. The van der Waals surface area contributed by atoms with Crippen molar-refractivity contribution in [1.82, 2.24) is 9.55 Å². The van der Waals surface area contributed by atoms with Gasteiger partial charge in [0.1, 0.15) is 5.75 Å². The predicted molar refractivity (Wildman–Crippen MR) is 55.9 cm³/mol. The first-order valence-electron chi connectivity index (χ1n) is 4.75. The smallest absolute Gasteiger partial charge is 0.326 e. The van der Waals surface area contributed by atoms with E-state index in [9.17, 15) is 9.90 Å². The molecule has 0 saturated carbocycles. The van der Waals surface area contributed by atoms with Gasteiger partial charge in [0.2, 0.25) is 0 Å². The fourth-order valence-electron chi connectivity index (χ4n) is 1.59. The molecule has 1 aromatic heterocycles. The van der Waals surface area contributed by atoms with Crippen LogP contribution in [0.3, 0.4) is 0 Å². The first kappa shape index (κ1) is 9.79. The Morgan fingerprint density at radius 1 is 1.40 bits per heavy atom. The lowest BCUT2D eigenvalue weighted by molar-refractivity contribution is 0.280. The van der Waals surface area contributed by atoms with Crippen LogP contribution in [0, 0.1) is 0 Å². The van der Waals surface area contributed by atoms with Crippen molar-refractivity contribution in [1.29, 1.82) is 0 Å². The molecule has 0 unspecified atom stereocenters. The van der Waals surface area contributed by atoms with Crippen LogP contribution in [-0.4, -0.2) is 26.4 Å². The van der Waals surface area contributed by atoms with Gasteiger partial charge in [0.15, 0.2) is 0 Å². The number of aryl methyl sites for hydroxylation is 1. The molecule has 0 saturated heterocycles. The molecule has 15 heavy (non-hydrogen) atoms. The summed E-state index contributed by atoms with van der Waals surface area (Å²) in [6.07, 6.45) is 0.516. The maximum Gasteiger partial charge on any atom is 0.326 e. The normalized spacial score (nSPS) is 11.0. The SMILES string of the molecule is O=c1[nH]c2ccc(O)cc2n1CCCO. The van der Waals surface area contributed by atoms with Crippen LogP contribution in [0.5, 0.6) is 5.75 Å². The molecular formula is C10H12N2O3. The van der Waals surface area contributed by atoms with E-state index in [4.69, 9.17) is 5.11 Å². The van der Waals surface area contributed by atoms with Crippen molar-refractivity contribution in [2.24, 2.45) is 0 Å². The number of phenols is 1. The Labute approximate surface area is 85.6 Å². The average molecular weight is 208 g/mol. The zero-order valence-corrected chi connectivity index (χ0v) is 8.10. The van der Waals surface area contributed by atoms with Crippen LogP contribution in [0.25, 0.3) is 11.0 Å². The minimum absolute atomic E-state index is 0.0396. The molecule has 0 aliphatic heterocycles. The molecule has 3 N–H and O–H groups in total. The largest absolute Gasteiger partial charge is 0.508 e. The lowest BCUT2D eigenvalue weighted by Gasteiger charge is -2.01. The van der Waals surface area contributed by atoms with Crippen LogP contribution in [-0.2, 0) is 6.54 Å². The van der Waals surface area contributed by atoms with Gasteiger partial charge in [0.25, 0.3) is 0 Å². The molecule has 0 fully saturated rings. The number of nitrogens with one attached hydrogen (secondary N) is 1. The Kier molecular flexibility index (Phi) is 2.47. The number of aromatic amines is 1. The fourth-order valence-corrected chi connectivity index (χ4v) is 1.59. The van der Waals surface area contributed by atoms with Crippen molar-refractivity contribution in [3.63, 3.8) is 0 Å². The van der Waals surface area contributed by atoms with Gasteiger partial charge in [-0.05, 0) is 18.6 Å². The number of imidazole rings is 1. The number of aliphatic hydroxyl groups is 1. The van der Waals surface area contributed by atoms with Crippen molar-refractivity contribution in [2.75, 3.05) is 6.61 Å². The van der Waals surface area contributed by atoms with E-state index in [-0.39, 0.29) is 18.0 Å². The van der Waals surface area contributed by atoms with Crippen LogP contribution in [0.1, 0.15) is 6.42 Å². The standard InChI is InChI=1S/C10H12N2O3/c13-5-1-4-12-9-6-7(14)2-3-8(9)11-10(12)15/h2-3,6,13-14H,1,4-5H2,(H,11,15). The highest BCUT2D eigenvalue weighted by molar-refractivity contribution is 5.76. The number of benzene rings is 1. The van der Waals surface area contributed by atoms with E-state index in [1.165, 1.54) is 16.7 Å². The third-order valence-electron chi connectivity index (χ3n) is 2.30. The monoisotopic (exact) mass is 208 g/mol. The number of fused-ring (bicyclic) bond motifs is 1. The summed E-state index contributed by atoms with van der Waals surface area (Å²) in [5, 5.41) is 18.0. The molecule has 0 amide bonds. The summed E-state index contributed by atoms with van der Waals surface area (Å²) < 4.78 is 1.51. The summed E-state index contributed by atoms with van der Waals surface area (Å²) in [6, 6.07) is 4.71. The average Bonchev–Trinajstić information content (AvgIpc) is 2.51. The van der Waals surface area contributed by atoms with Gasteiger partial charge in [-0.25, -0.2) is 4.79 Å². The summed E-state index contributed by atoms with van der Waals surface area (Å²) in [5.41, 5.74) is 1.13. The number of aromatic nitrogens is 2. The first-order valence-corrected chi connectivity index (χ1v) is 4.75. The van der Waals surface area contributed by atoms with Crippen LogP contribution in [0.4, 0.5) is 0 Å². The molecule has 0 radical (unpaired) electrons. The molecule has 0 aliphatic carbocycles. The molecule has 0 bridgehead atoms. The van der Waals surface area contributed by atoms with Crippen LogP contribution < -0.4 is 5.69 Å². The molecule has 2 aromatic rings. The zero-order chi connectivity index (χ0) is 10.8. The molecule has 0 atom stereocenters. The second-order valence-corrected chi connectivity index (χ2v) is 3.36. The number of phenolic OH excluding ortho intramolecular Hbond substituents is 1. The molecular weight excluding hydrogens is 196 g/mol. The van der Waals surface area contributed by atoms with Crippen LogP contribution >= 0.6 is 0 Å². The topological polar surface area (TPSA) is 78.2 Å². The van der Waals surface area contributed by atoms with E-state index in [1.807, 2.05) is 0 Å². The van der Waals surface area contributed by atoms with E-state index in [1.54, 1.807) is 6.07 Å². The maximum absolute atomic E-state index is 11.5. The minimum Gasteiger partial charge on any atom is -0.508 e. The maximum atomic E-state index is 11.5. The third kappa shape index (κ3) is 1.73. The summed E-state index contributed by atoms with van der Waals surface area (Å²) in [5.74, 6) is 0.124. The highest BCUT2D eigenvalue weighted by atomic mass is 16.3. The van der Waals surface area contributed by atoms with Gasteiger partial charge in [-0.15, -0.1) is 0 Å². The Hall–Kier alpha value is -1.75. The van der Waals surface area contributed by atoms with E-state index < -0.39 is 0 Å². The fraction of sp³-hybridized carbons (Fsp3) is 0.300. The minimum atomic E-state index is -0.218. The van der Waals surface area contributed by atoms with Crippen molar-refractivity contribution in [3.05, 3.63) is 28.7 Å². The Morgan fingerprint density at radius 3 is 2.93 bits per heavy atom. The quantitative estimate of drug-likeness (QED) is 0.684. The second kappa shape index (κ2) is 3.78. The van der Waals surface area contributed by atoms with Crippen molar-refractivity contribution < 1.29 is 10.2 Å². The number of hydrogen-bond acceptors (Lipinski definition) is 3. The van der Waals surface area contributed by atoms with E-state index in [2.05, 4.69) is 4.98 Å². The van der Waals surface area contributed by atoms with Crippen LogP contribution in [0.2, 0.25) is 0 Å². The van der Waals surface area contributed by atoms with E-state index >= 15 is 0 Å². The Morgan fingerprint density at radius 2 is 2.20 bits per heavy atom. The number of hydrogen-bond donors (Lipinski definition) is 3. The number of nitrogens with zero attached hydrogens (tertiary/aromatic N) is 1. The molecule has 80 valence electrons. The third-order valence-corrected chi connectivity index (χ3v) is 2.30. The molecule has 1 aromatic carbocycles. The molecule has 5 heteroatoms. The van der Waals surface area contributed by atoms with Gasteiger partial charge in [-0.1, -0.05) is 0 Å².